The van der Waals surface area contributed by atoms with Gasteiger partial charge in [0.05, 0.1) is 11.8 Å². The molecule has 0 amide bonds. The Bertz CT molecular complexity index is 801. The molecule has 0 aliphatic rings. The molecule has 0 aliphatic heterocycles. The number of halogens is 5. The van der Waals surface area contributed by atoms with Crippen LogP contribution in [0.5, 0.6) is 5.75 Å². The topological polar surface area (TPSA) is 30.8 Å². The molecule has 2 aromatic carbocycles. The highest BCUT2D eigenvalue weighted by atomic mass is 35.5. The summed E-state index contributed by atoms with van der Waals surface area (Å²) < 4.78 is 43.8. The van der Waals surface area contributed by atoms with Crippen LogP contribution in [0.25, 0.3) is 0 Å². The van der Waals surface area contributed by atoms with Crippen molar-refractivity contribution < 1.29 is 22.7 Å². The Morgan fingerprint density at radius 3 is 2.48 bits per heavy atom. The SMILES string of the molecule is CC(ON=Cc1ccc(OCC=C(Cl)Cl)cc1)c1cccc(C(F)(F)F)c1. The molecule has 0 saturated heterocycles. The summed E-state index contributed by atoms with van der Waals surface area (Å²) in [6.45, 7) is 1.87. The highest BCUT2D eigenvalue weighted by molar-refractivity contribution is 6.55. The zero-order valence-electron chi connectivity index (χ0n) is 14.2. The molecular formula is C19H16Cl2F3NO2. The number of hydrogen-bond acceptors (Lipinski definition) is 3. The lowest BCUT2D eigenvalue weighted by Crippen LogP contribution is -2.06. The molecule has 27 heavy (non-hydrogen) atoms. The van der Waals surface area contributed by atoms with Crippen LogP contribution < -0.4 is 4.74 Å². The van der Waals surface area contributed by atoms with Crippen LogP contribution in [0.1, 0.15) is 29.7 Å². The van der Waals surface area contributed by atoms with E-state index >= 15 is 0 Å². The van der Waals surface area contributed by atoms with Crippen molar-refractivity contribution in [3.05, 3.63) is 75.8 Å². The van der Waals surface area contributed by atoms with E-state index in [0.717, 1.165) is 17.7 Å². The van der Waals surface area contributed by atoms with Crippen molar-refractivity contribution >= 4 is 29.4 Å². The number of alkyl halides is 3. The predicted octanol–water partition coefficient (Wildman–Crippen LogP) is 6.51. The maximum atomic E-state index is 12.8. The van der Waals surface area contributed by atoms with Gasteiger partial charge in [-0.3, -0.25) is 0 Å². The Morgan fingerprint density at radius 1 is 1.15 bits per heavy atom. The number of ether oxygens (including phenoxy) is 1. The van der Waals surface area contributed by atoms with E-state index in [9.17, 15) is 13.2 Å². The third-order valence-corrected chi connectivity index (χ3v) is 3.78. The second kappa shape index (κ2) is 9.67. The van der Waals surface area contributed by atoms with Crippen molar-refractivity contribution in [3.8, 4) is 5.75 Å². The summed E-state index contributed by atoms with van der Waals surface area (Å²) >= 11 is 11.0. The number of rotatable bonds is 7. The predicted molar refractivity (Wildman–Crippen MR) is 100 cm³/mol. The molecule has 144 valence electrons. The summed E-state index contributed by atoms with van der Waals surface area (Å²) in [7, 11) is 0. The van der Waals surface area contributed by atoms with Crippen LogP contribution in [0, 0.1) is 0 Å². The van der Waals surface area contributed by atoms with Crippen LogP contribution in [0.15, 0.2) is 64.3 Å². The van der Waals surface area contributed by atoms with Crippen LogP contribution in [-0.2, 0) is 11.0 Å². The first-order chi connectivity index (χ1) is 12.8. The first-order valence-electron chi connectivity index (χ1n) is 7.86. The molecule has 0 fully saturated rings. The fourth-order valence-corrected chi connectivity index (χ4v) is 2.19. The first-order valence-corrected chi connectivity index (χ1v) is 8.61. The van der Waals surface area contributed by atoms with Crippen molar-refractivity contribution in [2.24, 2.45) is 5.16 Å². The van der Waals surface area contributed by atoms with Gasteiger partial charge in [-0.1, -0.05) is 40.5 Å². The van der Waals surface area contributed by atoms with Crippen LogP contribution in [0.3, 0.4) is 0 Å². The standard InChI is InChI=1S/C19H16Cl2F3NO2/c1-13(15-3-2-4-16(11-15)19(22,23)24)27-25-12-14-5-7-17(8-6-14)26-10-9-18(20)21/h2-9,11-13H,10H2,1H3. The molecule has 2 aromatic rings. The van der Waals surface area contributed by atoms with E-state index in [1.54, 1.807) is 37.3 Å². The first kappa shape index (κ1) is 21.1. The molecule has 0 heterocycles. The Labute approximate surface area is 165 Å². The van der Waals surface area contributed by atoms with Gasteiger partial charge in [-0.2, -0.15) is 13.2 Å². The van der Waals surface area contributed by atoms with E-state index in [1.807, 2.05) is 0 Å². The van der Waals surface area contributed by atoms with Crippen LogP contribution in [0.2, 0.25) is 0 Å². The lowest BCUT2D eigenvalue weighted by atomic mass is 10.1. The zero-order chi connectivity index (χ0) is 19.9. The normalized spacial score (nSPS) is 12.7. The smallest absolute Gasteiger partial charge is 0.416 e. The van der Waals surface area contributed by atoms with Gasteiger partial charge in [0, 0.05) is 0 Å². The van der Waals surface area contributed by atoms with E-state index in [1.165, 1.54) is 18.4 Å². The van der Waals surface area contributed by atoms with Crippen molar-refractivity contribution in [1.29, 1.82) is 0 Å². The molecule has 1 unspecified atom stereocenters. The highest BCUT2D eigenvalue weighted by Gasteiger charge is 2.30. The lowest BCUT2D eigenvalue weighted by Gasteiger charge is -2.12. The Morgan fingerprint density at radius 2 is 1.85 bits per heavy atom. The van der Waals surface area contributed by atoms with E-state index in [2.05, 4.69) is 5.16 Å². The van der Waals surface area contributed by atoms with Crippen molar-refractivity contribution in [2.45, 2.75) is 19.2 Å². The fraction of sp³-hybridized carbons (Fsp3) is 0.211. The van der Waals surface area contributed by atoms with Gasteiger partial charge in [0.2, 0.25) is 0 Å². The quantitative estimate of drug-likeness (QED) is 0.379. The monoisotopic (exact) mass is 417 g/mol. The van der Waals surface area contributed by atoms with E-state index < -0.39 is 17.8 Å². The molecule has 0 aromatic heterocycles. The summed E-state index contributed by atoms with van der Waals surface area (Å²) in [5.41, 5.74) is 0.404. The van der Waals surface area contributed by atoms with E-state index in [-0.39, 0.29) is 11.1 Å². The largest absolute Gasteiger partial charge is 0.489 e. The number of benzene rings is 2. The van der Waals surface area contributed by atoms with Gasteiger partial charge in [0.15, 0.2) is 0 Å². The summed E-state index contributed by atoms with van der Waals surface area (Å²) in [6, 6.07) is 11.9. The Hall–Kier alpha value is -2.18. The summed E-state index contributed by atoms with van der Waals surface area (Å²) in [4.78, 5) is 5.25. The minimum Gasteiger partial charge on any atom is -0.489 e. The zero-order valence-corrected chi connectivity index (χ0v) is 15.7. The lowest BCUT2D eigenvalue weighted by molar-refractivity contribution is -0.137. The maximum Gasteiger partial charge on any atom is 0.416 e. The Balaban J connectivity index is 1.92. The van der Waals surface area contributed by atoms with Gasteiger partial charge in [0.1, 0.15) is 23.0 Å². The minimum atomic E-state index is -4.40. The van der Waals surface area contributed by atoms with Gasteiger partial charge in [-0.25, -0.2) is 0 Å². The molecule has 3 nitrogen and oxygen atoms in total. The summed E-state index contributed by atoms with van der Waals surface area (Å²) in [5, 5.41) is 3.83. The third-order valence-electron chi connectivity index (χ3n) is 3.47. The summed E-state index contributed by atoms with van der Waals surface area (Å²) in [6.07, 6.45) is -2.04. The molecule has 0 N–H and O–H groups in total. The van der Waals surface area contributed by atoms with E-state index in [0.29, 0.717) is 11.3 Å². The number of oxime groups is 1. The second-order valence-electron chi connectivity index (χ2n) is 5.48. The molecule has 2 rings (SSSR count). The minimum absolute atomic E-state index is 0.130. The molecule has 0 spiro atoms. The molecule has 0 saturated carbocycles. The average molecular weight is 418 g/mol. The third kappa shape index (κ3) is 7.15. The number of hydrogen-bond donors (Lipinski definition) is 0. The molecule has 0 radical (unpaired) electrons. The van der Waals surface area contributed by atoms with Gasteiger partial charge in [-0.05, 0) is 60.5 Å². The Kier molecular flexibility index (Phi) is 7.56. The highest BCUT2D eigenvalue weighted by Crippen LogP contribution is 2.31. The molecule has 0 aliphatic carbocycles. The van der Waals surface area contributed by atoms with Gasteiger partial charge < -0.3 is 9.57 Å². The van der Waals surface area contributed by atoms with Crippen molar-refractivity contribution in [2.75, 3.05) is 6.61 Å². The summed E-state index contributed by atoms with van der Waals surface area (Å²) in [5.74, 6) is 0.622. The molecule has 8 heteroatoms. The van der Waals surface area contributed by atoms with Crippen LogP contribution in [-0.4, -0.2) is 12.8 Å². The van der Waals surface area contributed by atoms with E-state index in [4.69, 9.17) is 32.8 Å². The molecule has 0 bridgehead atoms. The molecule has 1 atom stereocenters. The van der Waals surface area contributed by atoms with Crippen molar-refractivity contribution in [3.63, 3.8) is 0 Å². The van der Waals surface area contributed by atoms with Gasteiger partial charge >= 0.3 is 6.18 Å². The maximum absolute atomic E-state index is 12.8. The fourth-order valence-electron chi connectivity index (χ4n) is 2.06. The van der Waals surface area contributed by atoms with Gasteiger partial charge in [0.25, 0.3) is 0 Å². The van der Waals surface area contributed by atoms with Crippen molar-refractivity contribution in [1.82, 2.24) is 0 Å². The molecular weight excluding hydrogens is 402 g/mol. The van der Waals surface area contributed by atoms with Gasteiger partial charge in [-0.15, -0.1) is 0 Å². The average Bonchev–Trinajstić information content (AvgIpc) is 2.62. The van der Waals surface area contributed by atoms with Crippen LogP contribution in [0.4, 0.5) is 13.2 Å². The van der Waals surface area contributed by atoms with Crippen LogP contribution >= 0.6 is 23.2 Å². The number of nitrogens with zero attached hydrogens (tertiary/aromatic N) is 1. The second-order valence-corrected chi connectivity index (χ2v) is 6.49.